The van der Waals surface area contributed by atoms with Gasteiger partial charge in [-0.3, -0.25) is 9.69 Å². The normalized spacial score (nSPS) is 17.5. The minimum atomic E-state index is -0.664. The number of carbonyl (C=O) groups excluding carboxylic acids is 1. The third-order valence-electron chi connectivity index (χ3n) is 5.89. The Morgan fingerprint density at radius 3 is 2.03 bits per heavy atom. The second kappa shape index (κ2) is 8.83. The maximum absolute atomic E-state index is 13.3. The Bertz CT molecular complexity index is 1130. The predicted molar refractivity (Wildman–Crippen MR) is 123 cm³/mol. The lowest BCUT2D eigenvalue weighted by molar-refractivity contribution is -0.135. The zero-order chi connectivity index (χ0) is 22.8. The quantitative estimate of drug-likeness (QED) is 0.498. The highest BCUT2D eigenvalue weighted by Gasteiger charge is 2.51. The molecule has 3 aromatic carbocycles. The van der Waals surface area contributed by atoms with E-state index in [4.69, 9.17) is 18.9 Å². The first-order chi connectivity index (χ1) is 15.5. The van der Waals surface area contributed by atoms with E-state index in [0.717, 1.165) is 22.6 Å². The van der Waals surface area contributed by atoms with E-state index in [2.05, 4.69) is 6.92 Å². The van der Waals surface area contributed by atoms with Crippen LogP contribution in [0.25, 0.3) is 0 Å². The zero-order valence-corrected chi connectivity index (χ0v) is 18.9. The summed E-state index contributed by atoms with van der Waals surface area (Å²) in [4.78, 5) is 15.0. The molecule has 166 valence electrons. The highest BCUT2D eigenvalue weighted by atomic mass is 16.5. The van der Waals surface area contributed by atoms with Crippen LogP contribution in [0.4, 0.5) is 5.69 Å². The lowest BCUT2D eigenvalue weighted by Crippen LogP contribution is -2.61. The molecule has 0 radical (unpaired) electrons. The van der Waals surface area contributed by atoms with Crippen molar-refractivity contribution in [1.82, 2.24) is 0 Å². The molecule has 1 saturated heterocycles. The van der Waals surface area contributed by atoms with E-state index in [1.54, 1.807) is 38.4 Å². The Kier molecular flexibility index (Phi) is 5.95. The maximum atomic E-state index is 13.3. The van der Waals surface area contributed by atoms with Gasteiger partial charge in [0.2, 0.25) is 6.10 Å². The van der Waals surface area contributed by atoms with Crippen LogP contribution in [0.2, 0.25) is 0 Å². The van der Waals surface area contributed by atoms with Gasteiger partial charge in [-0.1, -0.05) is 12.1 Å². The Morgan fingerprint density at radius 2 is 1.41 bits per heavy atom. The third kappa shape index (κ3) is 3.84. The Balaban J connectivity index is 1.72. The molecule has 0 N–H and O–H groups in total. The van der Waals surface area contributed by atoms with Crippen LogP contribution in [0.1, 0.15) is 22.7 Å². The summed E-state index contributed by atoms with van der Waals surface area (Å²) in [5.74, 6) is 2.48. The number of amides is 1. The van der Waals surface area contributed by atoms with Crippen LogP contribution < -0.4 is 23.8 Å². The van der Waals surface area contributed by atoms with Crippen LogP contribution in [-0.2, 0) is 4.79 Å². The number of hydrogen-bond acceptors (Lipinski definition) is 5. The van der Waals surface area contributed by atoms with Gasteiger partial charge in [0, 0.05) is 5.69 Å². The smallest absolute Gasteiger partial charge is 0.271 e. The molecule has 0 saturated carbocycles. The van der Waals surface area contributed by atoms with Crippen LogP contribution in [-0.4, -0.2) is 33.3 Å². The molecule has 3 aromatic rings. The van der Waals surface area contributed by atoms with Crippen LogP contribution in [0.15, 0.2) is 60.7 Å². The highest BCUT2D eigenvalue weighted by Crippen LogP contribution is 2.43. The number of anilines is 1. The molecule has 6 nitrogen and oxygen atoms in total. The highest BCUT2D eigenvalue weighted by molar-refractivity contribution is 6.05. The molecular formula is C26H27NO5. The number of aryl methyl sites for hydroxylation is 2. The number of hydrogen-bond donors (Lipinski definition) is 0. The average molecular weight is 434 g/mol. The Labute approximate surface area is 188 Å². The van der Waals surface area contributed by atoms with Crippen molar-refractivity contribution in [3.63, 3.8) is 0 Å². The molecule has 1 amide bonds. The minimum Gasteiger partial charge on any atom is -0.497 e. The predicted octanol–water partition coefficient (Wildman–Crippen LogP) is 4.86. The molecule has 4 rings (SSSR count). The van der Waals surface area contributed by atoms with Gasteiger partial charge in [-0.15, -0.1) is 0 Å². The summed E-state index contributed by atoms with van der Waals surface area (Å²) in [5, 5.41) is 0. The number of nitrogens with zero attached hydrogens (tertiary/aromatic N) is 1. The monoisotopic (exact) mass is 433 g/mol. The second-order valence-corrected chi connectivity index (χ2v) is 7.75. The standard InChI is InChI=1S/C26H27NO5/c1-16-6-8-19(14-17(16)2)27-24(18-7-13-22(30-4)23(15-18)31-5)25(26(27)28)32-21-11-9-20(29-3)10-12-21/h6-15,24-25H,1-5H3. The van der Waals surface area contributed by atoms with E-state index in [1.165, 1.54) is 5.56 Å². The zero-order valence-electron chi connectivity index (χ0n) is 18.9. The molecule has 0 aliphatic carbocycles. The molecule has 2 unspecified atom stereocenters. The number of ether oxygens (including phenoxy) is 4. The van der Waals surface area contributed by atoms with Crippen molar-refractivity contribution in [3.05, 3.63) is 77.4 Å². The van der Waals surface area contributed by atoms with Crippen molar-refractivity contribution in [2.45, 2.75) is 26.0 Å². The van der Waals surface area contributed by atoms with Crippen LogP contribution in [0, 0.1) is 13.8 Å². The number of rotatable bonds is 7. The topological polar surface area (TPSA) is 57.2 Å². The van der Waals surface area contributed by atoms with Gasteiger partial charge < -0.3 is 18.9 Å². The van der Waals surface area contributed by atoms with Crippen LogP contribution in [0.3, 0.4) is 0 Å². The fourth-order valence-corrected chi connectivity index (χ4v) is 3.90. The fourth-order valence-electron chi connectivity index (χ4n) is 3.90. The molecule has 2 atom stereocenters. The number of carbonyl (C=O) groups is 1. The lowest BCUT2D eigenvalue weighted by Gasteiger charge is -2.47. The van der Waals surface area contributed by atoms with Gasteiger partial charge in [0.1, 0.15) is 17.5 Å². The van der Waals surface area contributed by atoms with Gasteiger partial charge >= 0.3 is 0 Å². The molecule has 0 aromatic heterocycles. The number of methoxy groups -OCH3 is 3. The summed E-state index contributed by atoms with van der Waals surface area (Å²) < 4.78 is 22.2. The maximum Gasteiger partial charge on any atom is 0.271 e. The first-order valence-electron chi connectivity index (χ1n) is 10.4. The summed E-state index contributed by atoms with van der Waals surface area (Å²) in [7, 11) is 4.81. The van der Waals surface area contributed by atoms with Crippen molar-refractivity contribution in [2.75, 3.05) is 26.2 Å². The Morgan fingerprint density at radius 1 is 0.719 bits per heavy atom. The van der Waals surface area contributed by atoms with Gasteiger partial charge in [0.25, 0.3) is 5.91 Å². The first kappa shape index (κ1) is 21.6. The van der Waals surface area contributed by atoms with E-state index >= 15 is 0 Å². The molecular weight excluding hydrogens is 406 g/mol. The van der Waals surface area contributed by atoms with Crippen molar-refractivity contribution in [2.24, 2.45) is 0 Å². The van der Waals surface area contributed by atoms with Gasteiger partial charge in [-0.05, 0) is 79.1 Å². The number of benzene rings is 3. The van der Waals surface area contributed by atoms with E-state index in [-0.39, 0.29) is 11.9 Å². The van der Waals surface area contributed by atoms with E-state index in [0.29, 0.717) is 17.2 Å². The Hall–Kier alpha value is -3.67. The summed E-state index contributed by atoms with van der Waals surface area (Å²) in [6.45, 7) is 4.10. The molecule has 32 heavy (non-hydrogen) atoms. The largest absolute Gasteiger partial charge is 0.497 e. The SMILES string of the molecule is COc1ccc(OC2C(=O)N(c3ccc(C)c(C)c3)C2c2ccc(OC)c(OC)c2)cc1. The molecule has 1 fully saturated rings. The van der Waals surface area contributed by atoms with E-state index in [1.807, 2.05) is 55.5 Å². The number of β-lactam (4-membered cyclic amide) rings is 1. The van der Waals surface area contributed by atoms with Crippen molar-refractivity contribution in [3.8, 4) is 23.0 Å². The molecule has 0 spiro atoms. The molecule has 6 heteroatoms. The van der Waals surface area contributed by atoms with Crippen molar-refractivity contribution >= 4 is 11.6 Å². The molecule has 1 heterocycles. The summed E-state index contributed by atoms with van der Waals surface area (Å²) in [5.41, 5.74) is 4.04. The summed E-state index contributed by atoms with van der Waals surface area (Å²) in [6, 6.07) is 18.6. The van der Waals surface area contributed by atoms with E-state index in [9.17, 15) is 4.79 Å². The van der Waals surface area contributed by atoms with Gasteiger partial charge in [0.05, 0.1) is 21.3 Å². The van der Waals surface area contributed by atoms with Crippen LogP contribution >= 0.6 is 0 Å². The van der Waals surface area contributed by atoms with Gasteiger partial charge in [-0.25, -0.2) is 0 Å². The van der Waals surface area contributed by atoms with Crippen LogP contribution in [0.5, 0.6) is 23.0 Å². The minimum absolute atomic E-state index is 0.0937. The summed E-state index contributed by atoms with van der Waals surface area (Å²) >= 11 is 0. The third-order valence-corrected chi connectivity index (χ3v) is 5.89. The lowest BCUT2D eigenvalue weighted by atomic mass is 9.89. The average Bonchev–Trinajstić information content (AvgIpc) is 2.82. The van der Waals surface area contributed by atoms with E-state index < -0.39 is 6.10 Å². The fraction of sp³-hybridized carbons (Fsp3) is 0.269. The summed E-state index contributed by atoms with van der Waals surface area (Å²) in [6.07, 6.45) is -0.664. The van der Waals surface area contributed by atoms with Gasteiger partial charge in [0.15, 0.2) is 11.5 Å². The molecule has 1 aliphatic heterocycles. The van der Waals surface area contributed by atoms with Crippen molar-refractivity contribution in [1.29, 1.82) is 0 Å². The van der Waals surface area contributed by atoms with Gasteiger partial charge in [-0.2, -0.15) is 0 Å². The molecule has 1 aliphatic rings. The second-order valence-electron chi connectivity index (χ2n) is 7.75. The van der Waals surface area contributed by atoms with Crippen molar-refractivity contribution < 1.29 is 23.7 Å². The molecule has 0 bridgehead atoms. The first-order valence-corrected chi connectivity index (χ1v) is 10.4.